The Bertz CT molecular complexity index is 656. The van der Waals surface area contributed by atoms with Crippen LogP contribution in [0.3, 0.4) is 0 Å². The van der Waals surface area contributed by atoms with Crippen molar-refractivity contribution in [3.63, 3.8) is 0 Å². The van der Waals surface area contributed by atoms with Crippen molar-refractivity contribution in [3.05, 3.63) is 45.5 Å². The number of hydrogen-bond acceptors (Lipinski definition) is 3. The molecule has 3 aromatic heterocycles. The van der Waals surface area contributed by atoms with E-state index in [4.69, 9.17) is 0 Å². The summed E-state index contributed by atoms with van der Waals surface area (Å²) in [6.07, 6.45) is 2.25. The maximum Gasteiger partial charge on any atom is 0.0532 e. The van der Waals surface area contributed by atoms with Gasteiger partial charge >= 0.3 is 0 Å². The average molecular weight is 305 g/mol. The molecular weight excluding hydrogens is 288 g/mol. The van der Waals surface area contributed by atoms with E-state index in [-0.39, 0.29) is 0 Å². The number of aryl methyl sites for hydroxylation is 2. The summed E-state index contributed by atoms with van der Waals surface area (Å²) >= 11 is 5.71. The van der Waals surface area contributed by atoms with Gasteiger partial charge < -0.3 is 0 Å². The van der Waals surface area contributed by atoms with E-state index in [1.165, 1.54) is 29.9 Å². The van der Waals surface area contributed by atoms with Crippen LogP contribution in [-0.4, -0.2) is 0 Å². The standard InChI is InChI=1S/C16H16S3/c1-3-11-7-8-14(18-11)13-10-12(4-2)19-16(13)15-6-5-9-17-15/h5-10H,3-4H2,1-2H3. The highest BCUT2D eigenvalue weighted by Gasteiger charge is 2.14. The summed E-state index contributed by atoms with van der Waals surface area (Å²) in [5.41, 5.74) is 1.43. The quantitative estimate of drug-likeness (QED) is 0.528. The lowest BCUT2D eigenvalue weighted by molar-refractivity contribution is 1.19. The van der Waals surface area contributed by atoms with Gasteiger partial charge in [0.05, 0.1) is 4.88 Å². The van der Waals surface area contributed by atoms with Crippen molar-refractivity contribution in [1.29, 1.82) is 0 Å². The molecule has 0 saturated heterocycles. The fourth-order valence-electron chi connectivity index (χ4n) is 2.10. The summed E-state index contributed by atoms with van der Waals surface area (Å²) in [5, 5.41) is 2.16. The van der Waals surface area contributed by atoms with Gasteiger partial charge in [0.2, 0.25) is 0 Å². The first-order valence-corrected chi connectivity index (χ1v) is 9.08. The fraction of sp³-hybridized carbons (Fsp3) is 0.250. The highest BCUT2D eigenvalue weighted by atomic mass is 32.1. The van der Waals surface area contributed by atoms with Crippen molar-refractivity contribution < 1.29 is 0 Å². The maximum absolute atomic E-state index is 2.38. The molecule has 3 aromatic rings. The van der Waals surface area contributed by atoms with Crippen LogP contribution < -0.4 is 0 Å². The van der Waals surface area contributed by atoms with Gasteiger partial charge in [-0.3, -0.25) is 0 Å². The molecule has 0 aliphatic heterocycles. The van der Waals surface area contributed by atoms with Crippen LogP contribution in [0.25, 0.3) is 20.2 Å². The Labute approximate surface area is 126 Å². The molecule has 3 rings (SSSR count). The second-order valence-corrected chi connectivity index (χ2v) is 7.66. The zero-order chi connectivity index (χ0) is 13.2. The molecule has 0 amide bonds. The maximum atomic E-state index is 2.38. The monoisotopic (exact) mass is 304 g/mol. The second kappa shape index (κ2) is 5.61. The first-order valence-electron chi connectivity index (χ1n) is 6.57. The predicted molar refractivity (Wildman–Crippen MR) is 89.7 cm³/mol. The van der Waals surface area contributed by atoms with Gasteiger partial charge in [0.1, 0.15) is 0 Å². The van der Waals surface area contributed by atoms with Crippen molar-refractivity contribution >= 4 is 34.0 Å². The molecule has 0 fully saturated rings. The number of rotatable bonds is 4. The molecule has 3 heterocycles. The highest BCUT2D eigenvalue weighted by Crippen LogP contribution is 2.43. The van der Waals surface area contributed by atoms with Crippen molar-refractivity contribution in [3.8, 4) is 20.2 Å². The largest absolute Gasteiger partial charge is 0.143 e. The molecule has 98 valence electrons. The fourth-order valence-corrected chi connectivity index (χ4v) is 5.12. The summed E-state index contributed by atoms with van der Waals surface area (Å²) in [7, 11) is 0. The molecule has 0 spiro atoms. The van der Waals surface area contributed by atoms with Gasteiger partial charge in [-0.05, 0) is 42.5 Å². The molecule has 19 heavy (non-hydrogen) atoms. The van der Waals surface area contributed by atoms with Crippen molar-refractivity contribution in [1.82, 2.24) is 0 Å². The Hall–Kier alpha value is -0.900. The molecule has 0 saturated carbocycles. The van der Waals surface area contributed by atoms with Crippen molar-refractivity contribution in [2.24, 2.45) is 0 Å². The van der Waals surface area contributed by atoms with Crippen LogP contribution in [0.15, 0.2) is 35.7 Å². The van der Waals surface area contributed by atoms with Crippen LogP contribution in [0.2, 0.25) is 0 Å². The lowest BCUT2D eigenvalue weighted by Crippen LogP contribution is -1.71. The van der Waals surface area contributed by atoms with Crippen LogP contribution in [0.1, 0.15) is 23.6 Å². The van der Waals surface area contributed by atoms with E-state index in [0.717, 1.165) is 12.8 Å². The Balaban J connectivity index is 2.11. The topological polar surface area (TPSA) is 0 Å². The number of thiophene rings is 3. The second-order valence-electron chi connectivity index (χ2n) is 4.41. The molecule has 0 aliphatic carbocycles. The van der Waals surface area contributed by atoms with E-state index in [1.54, 1.807) is 0 Å². The molecule has 0 N–H and O–H groups in total. The van der Waals surface area contributed by atoms with E-state index in [1.807, 2.05) is 34.0 Å². The van der Waals surface area contributed by atoms with Crippen LogP contribution in [-0.2, 0) is 12.8 Å². The highest BCUT2D eigenvalue weighted by molar-refractivity contribution is 7.22. The molecule has 0 nitrogen and oxygen atoms in total. The zero-order valence-electron chi connectivity index (χ0n) is 11.1. The Morgan fingerprint density at radius 1 is 0.895 bits per heavy atom. The van der Waals surface area contributed by atoms with Gasteiger partial charge in [-0.15, -0.1) is 34.0 Å². The lowest BCUT2D eigenvalue weighted by atomic mass is 10.1. The minimum atomic E-state index is 1.12. The van der Waals surface area contributed by atoms with Crippen molar-refractivity contribution in [2.45, 2.75) is 26.7 Å². The molecule has 0 unspecified atom stereocenters. The zero-order valence-corrected chi connectivity index (χ0v) is 13.6. The van der Waals surface area contributed by atoms with E-state index < -0.39 is 0 Å². The van der Waals surface area contributed by atoms with Crippen LogP contribution in [0.4, 0.5) is 0 Å². The van der Waals surface area contributed by atoms with Crippen LogP contribution >= 0.6 is 34.0 Å². The SMILES string of the molecule is CCc1ccc(-c2cc(CC)sc2-c2cccs2)s1. The summed E-state index contributed by atoms with van der Waals surface area (Å²) < 4.78 is 0. The van der Waals surface area contributed by atoms with Gasteiger partial charge in [-0.1, -0.05) is 19.9 Å². The van der Waals surface area contributed by atoms with Gasteiger partial charge in [0.15, 0.2) is 0 Å². The summed E-state index contributed by atoms with van der Waals surface area (Å²) in [6.45, 7) is 4.46. The summed E-state index contributed by atoms with van der Waals surface area (Å²) in [4.78, 5) is 7.19. The molecule has 0 radical (unpaired) electrons. The molecular formula is C16H16S3. The first kappa shape index (κ1) is 13.1. The molecule has 0 aromatic carbocycles. The molecule has 0 bridgehead atoms. The first-order chi connectivity index (χ1) is 9.31. The lowest BCUT2D eigenvalue weighted by Gasteiger charge is -1.98. The van der Waals surface area contributed by atoms with Crippen molar-refractivity contribution in [2.75, 3.05) is 0 Å². The molecule has 0 atom stereocenters. The van der Waals surface area contributed by atoms with Gasteiger partial charge in [0, 0.05) is 25.1 Å². The molecule has 0 aliphatic rings. The Kier molecular flexibility index (Phi) is 3.87. The minimum Gasteiger partial charge on any atom is -0.143 e. The normalized spacial score (nSPS) is 11.1. The third-order valence-electron chi connectivity index (χ3n) is 3.15. The van der Waals surface area contributed by atoms with Crippen LogP contribution in [0.5, 0.6) is 0 Å². The van der Waals surface area contributed by atoms with Gasteiger partial charge in [0.25, 0.3) is 0 Å². The average Bonchev–Trinajstić information content (AvgIpc) is 3.16. The predicted octanol–water partition coefficient (Wildman–Crippen LogP) is 6.33. The van der Waals surface area contributed by atoms with Crippen LogP contribution in [0, 0.1) is 0 Å². The Morgan fingerprint density at radius 2 is 1.74 bits per heavy atom. The smallest absolute Gasteiger partial charge is 0.0532 e. The molecule has 3 heteroatoms. The van der Waals surface area contributed by atoms with E-state index in [2.05, 4.69) is 49.6 Å². The third kappa shape index (κ3) is 2.55. The third-order valence-corrected chi connectivity index (χ3v) is 6.74. The minimum absolute atomic E-state index is 1.12. The summed E-state index contributed by atoms with van der Waals surface area (Å²) in [5.74, 6) is 0. The Morgan fingerprint density at radius 3 is 2.37 bits per heavy atom. The van der Waals surface area contributed by atoms with Gasteiger partial charge in [-0.2, -0.15) is 0 Å². The number of hydrogen-bond donors (Lipinski definition) is 0. The van der Waals surface area contributed by atoms with E-state index >= 15 is 0 Å². The summed E-state index contributed by atoms with van der Waals surface area (Å²) in [6, 6.07) is 11.3. The van der Waals surface area contributed by atoms with Gasteiger partial charge in [-0.25, -0.2) is 0 Å². The van der Waals surface area contributed by atoms with E-state index in [0.29, 0.717) is 0 Å². The van der Waals surface area contributed by atoms with E-state index in [9.17, 15) is 0 Å².